The Morgan fingerprint density at radius 3 is 2.32 bits per heavy atom. The number of likely N-dealkylation sites (tertiary alicyclic amines) is 1. The molecule has 3 nitrogen and oxygen atoms in total. The predicted molar refractivity (Wildman–Crippen MR) is 67.0 cm³/mol. The number of nitrogen functional groups attached to an aromatic ring is 1. The fourth-order valence-corrected chi connectivity index (χ4v) is 2.21. The zero-order valence-electron chi connectivity index (χ0n) is 10.7. The first-order valence-corrected chi connectivity index (χ1v) is 6.13. The van der Waals surface area contributed by atoms with E-state index in [1.54, 1.807) is 19.2 Å². The molecule has 106 valence electrons. The van der Waals surface area contributed by atoms with Gasteiger partial charge in [0.1, 0.15) is 5.75 Å². The second-order valence-corrected chi connectivity index (χ2v) is 4.94. The number of anilines is 1. The Labute approximate surface area is 110 Å². The first-order chi connectivity index (χ1) is 8.84. The molecule has 1 saturated heterocycles. The number of hydrogen-bond acceptors (Lipinski definition) is 3. The van der Waals surface area contributed by atoms with E-state index >= 15 is 0 Å². The van der Waals surface area contributed by atoms with E-state index in [0.29, 0.717) is 13.1 Å². The van der Waals surface area contributed by atoms with Crippen LogP contribution in [0.25, 0.3) is 0 Å². The summed E-state index contributed by atoms with van der Waals surface area (Å²) in [5.74, 6) is 0.101. The van der Waals surface area contributed by atoms with Gasteiger partial charge in [-0.15, -0.1) is 0 Å². The number of nitrogens with zero attached hydrogens (tertiary/aromatic N) is 1. The molecule has 0 saturated carbocycles. The Kier molecular flexibility index (Phi) is 3.62. The van der Waals surface area contributed by atoms with Gasteiger partial charge in [0.2, 0.25) is 5.60 Å². The number of hydrogen-bond donors (Lipinski definition) is 1. The van der Waals surface area contributed by atoms with Crippen molar-refractivity contribution in [3.8, 4) is 5.75 Å². The van der Waals surface area contributed by atoms with Crippen LogP contribution in [0, 0.1) is 0 Å². The maximum atomic E-state index is 13.4. The summed E-state index contributed by atoms with van der Waals surface area (Å²) < 4.78 is 45.4. The first-order valence-electron chi connectivity index (χ1n) is 6.13. The van der Waals surface area contributed by atoms with Crippen LogP contribution in [-0.4, -0.2) is 36.8 Å². The van der Waals surface area contributed by atoms with Crippen LogP contribution in [0.4, 0.5) is 18.9 Å². The van der Waals surface area contributed by atoms with Crippen molar-refractivity contribution in [1.29, 1.82) is 0 Å². The molecule has 0 spiro atoms. The van der Waals surface area contributed by atoms with Crippen molar-refractivity contribution in [1.82, 2.24) is 4.90 Å². The zero-order chi connectivity index (χ0) is 14.1. The smallest absolute Gasteiger partial charge is 0.428 e. The molecule has 2 N–H and O–H groups in total. The zero-order valence-corrected chi connectivity index (χ0v) is 10.7. The lowest BCUT2D eigenvalue weighted by atomic mass is 9.90. The standard InChI is InChI=1S/C13H17F3N2O/c1-18-8-6-12(7-9-18,13(14,15)16)19-11-5-3-2-4-10(11)17/h2-5H,6-9,17H2,1H3. The number of rotatable bonds is 2. The van der Waals surface area contributed by atoms with Gasteiger partial charge in [0, 0.05) is 25.9 Å². The Morgan fingerprint density at radius 2 is 1.79 bits per heavy atom. The summed E-state index contributed by atoms with van der Waals surface area (Å²) in [4.78, 5) is 1.86. The molecule has 1 aliphatic rings. The average molecular weight is 274 g/mol. The van der Waals surface area contributed by atoms with Crippen LogP contribution >= 0.6 is 0 Å². The van der Waals surface area contributed by atoms with Crippen molar-refractivity contribution in [2.45, 2.75) is 24.6 Å². The Hall–Kier alpha value is -1.43. The lowest BCUT2D eigenvalue weighted by molar-refractivity contribution is -0.260. The summed E-state index contributed by atoms with van der Waals surface area (Å²) in [6.07, 6.45) is -4.57. The van der Waals surface area contributed by atoms with Crippen molar-refractivity contribution in [2.24, 2.45) is 0 Å². The summed E-state index contributed by atoms with van der Waals surface area (Å²) in [5.41, 5.74) is 3.76. The SMILES string of the molecule is CN1CCC(Oc2ccccc2N)(C(F)(F)F)CC1. The number of para-hydroxylation sites is 2. The predicted octanol–water partition coefficient (Wildman–Crippen LogP) is 2.67. The summed E-state index contributed by atoms with van der Waals surface area (Å²) in [5, 5.41) is 0. The van der Waals surface area contributed by atoms with Gasteiger partial charge in [-0.1, -0.05) is 12.1 Å². The highest BCUT2D eigenvalue weighted by atomic mass is 19.4. The molecule has 0 unspecified atom stereocenters. The van der Waals surface area contributed by atoms with Gasteiger partial charge >= 0.3 is 6.18 Å². The second kappa shape index (κ2) is 4.92. The molecule has 0 bridgehead atoms. The van der Waals surface area contributed by atoms with Crippen molar-refractivity contribution in [3.63, 3.8) is 0 Å². The van der Waals surface area contributed by atoms with Gasteiger partial charge in [-0.3, -0.25) is 0 Å². The van der Waals surface area contributed by atoms with E-state index in [2.05, 4.69) is 0 Å². The number of halogens is 3. The van der Waals surface area contributed by atoms with Crippen molar-refractivity contribution < 1.29 is 17.9 Å². The molecule has 1 aromatic rings. The quantitative estimate of drug-likeness (QED) is 0.843. The van der Waals surface area contributed by atoms with Crippen LogP contribution in [0.1, 0.15) is 12.8 Å². The van der Waals surface area contributed by atoms with Gasteiger partial charge < -0.3 is 15.4 Å². The first kappa shape index (κ1) is 14.0. The molecule has 6 heteroatoms. The summed E-state index contributed by atoms with van der Waals surface area (Å²) >= 11 is 0. The van der Waals surface area contributed by atoms with Gasteiger partial charge in [-0.2, -0.15) is 13.2 Å². The maximum absolute atomic E-state index is 13.4. The van der Waals surface area contributed by atoms with E-state index in [4.69, 9.17) is 10.5 Å². The van der Waals surface area contributed by atoms with Crippen LogP contribution in [0.3, 0.4) is 0 Å². The summed E-state index contributed by atoms with van der Waals surface area (Å²) in [6.45, 7) is 0.707. The molecule has 1 aromatic carbocycles. The topological polar surface area (TPSA) is 38.5 Å². The highest BCUT2D eigenvalue weighted by Gasteiger charge is 2.58. The van der Waals surface area contributed by atoms with E-state index in [0.717, 1.165) is 0 Å². The average Bonchev–Trinajstić information content (AvgIpc) is 2.34. The Bertz CT molecular complexity index is 440. The van der Waals surface area contributed by atoms with Gasteiger partial charge in [0.15, 0.2) is 0 Å². The number of piperidine rings is 1. The van der Waals surface area contributed by atoms with Crippen LogP contribution in [0.15, 0.2) is 24.3 Å². The van der Waals surface area contributed by atoms with E-state index < -0.39 is 11.8 Å². The van der Waals surface area contributed by atoms with Crippen LogP contribution < -0.4 is 10.5 Å². The molecule has 0 amide bonds. The lowest BCUT2D eigenvalue weighted by Gasteiger charge is -2.41. The number of benzene rings is 1. The molecule has 1 aliphatic heterocycles. The second-order valence-electron chi connectivity index (χ2n) is 4.94. The van der Waals surface area contributed by atoms with Crippen molar-refractivity contribution in [3.05, 3.63) is 24.3 Å². The largest absolute Gasteiger partial charge is 0.476 e. The molecule has 19 heavy (non-hydrogen) atoms. The molecule has 0 radical (unpaired) electrons. The van der Waals surface area contributed by atoms with Crippen LogP contribution in [0.5, 0.6) is 5.75 Å². The van der Waals surface area contributed by atoms with Crippen LogP contribution in [-0.2, 0) is 0 Å². The van der Waals surface area contributed by atoms with Crippen molar-refractivity contribution in [2.75, 3.05) is 25.9 Å². The van der Waals surface area contributed by atoms with E-state index in [1.807, 2.05) is 4.90 Å². The number of ether oxygens (including phenoxy) is 1. The maximum Gasteiger partial charge on any atom is 0.428 e. The fraction of sp³-hybridized carbons (Fsp3) is 0.538. The third kappa shape index (κ3) is 2.78. The normalized spacial score (nSPS) is 20.2. The van der Waals surface area contributed by atoms with Gasteiger partial charge in [-0.25, -0.2) is 0 Å². The van der Waals surface area contributed by atoms with Gasteiger partial charge in [0.05, 0.1) is 5.69 Å². The molecular weight excluding hydrogens is 257 g/mol. The van der Waals surface area contributed by atoms with Crippen LogP contribution in [0.2, 0.25) is 0 Å². The molecule has 2 rings (SSSR count). The lowest BCUT2D eigenvalue weighted by Crippen LogP contribution is -2.56. The third-order valence-corrected chi connectivity index (χ3v) is 3.54. The van der Waals surface area contributed by atoms with Crippen molar-refractivity contribution >= 4 is 5.69 Å². The number of alkyl halides is 3. The minimum Gasteiger partial charge on any atom is -0.476 e. The minimum atomic E-state index is -4.41. The molecule has 0 aromatic heterocycles. The molecule has 0 aliphatic carbocycles. The van der Waals surface area contributed by atoms with E-state index in [1.165, 1.54) is 12.1 Å². The number of nitrogens with two attached hydrogens (primary N) is 1. The van der Waals surface area contributed by atoms with E-state index in [9.17, 15) is 13.2 Å². The molecule has 1 fully saturated rings. The highest BCUT2D eigenvalue weighted by Crippen LogP contribution is 2.42. The molecule has 1 heterocycles. The Balaban J connectivity index is 2.27. The van der Waals surface area contributed by atoms with Gasteiger partial charge in [-0.05, 0) is 19.2 Å². The monoisotopic (exact) mass is 274 g/mol. The Morgan fingerprint density at radius 1 is 1.21 bits per heavy atom. The fourth-order valence-electron chi connectivity index (χ4n) is 2.21. The molecular formula is C13H17F3N2O. The minimum absolute atomic E-state index is 0.0820. The molecule has 0 atom stereocenters. The summed E-state index contributed by atoms with van der Waals surface area (Å²) in [7, 11) is 1.80. The van der Waals surface area contributed by atoms with E-state index in [-0.39, 0.29) is 24.3 Å². The van der Waals surface area contributed by atoms with Gasteiger partial charge in [0.25, 0.3) is 0 Å². The summed E-state index contributed by atoms with van der Waals surface area (Å²) in [6, 6.07) is 6.29. The third-order valence-electron chi connectivity index (χ3n) is 3.54. The highest BCUT2D eigenvalue weighted by molar-refractivity contribution is 5.52.